The summed E-state index contributed by atoms with van der Waals surface area (Å²) < 4.78 is 0. The van der Waals surface area contributed by atoms with Gasteiger partial charge in [-0.05, 0) is 26.2 Å². The molecule has 0 aromatic carbocycles. The predicted octanol–water partition coefficient (Wildman–Crippen LogP) is 0.936. The van der Waals surface area contributed by atoms with Crippen molar-refractivity contribution >= 4 is 22.7 Å². The van der Waals surface area contributed by atoms with Crippen LogP contribution in [0.4, 0.5) is 11.6 Å². The number of aromatic nitrogens is 4. The molecule has 3 aromatic heterocycles. The lowest BCUT2D eigenvalue weighted by Gasteiger charge is -2.22. The molecular weight excluding hydrogens is 306 g/mol. The zero-order valence-electron chi connectivity index (χ0n) is 13.7. The summed E-state index contributed by atoms with van der Waals surface area (Å²) in [6.07, 6.45) is 5.20. The molecule has 1 atom stereocenters. The van der Waals surface area contributed by atoms with Crippen LogP contribution in [0.3, 0.4) is 0 Å². The van der Waals surface area contributed by atoms with Crippen LogP contribution in [-0.2, 0) is 0 Å². The van der Waals surface area contributed by atoms with Crippen LogP contribution in [0.2, 0.25) is 0 Å². The number of aliphatic hydroxyl groups is 1. The Hall–Kier alpha value is -2.71. The number of hydrogen-bond acceptors (Lipinski definition) is 7. The Balaban J connectivity index is 2.04. The molecule has 0 unspecified atom stereocenters. The van der Waals surface area contributed by atoms with Crippen LogP contribution in [0.5, 0.6) is 0 Å². The molecule has 24 heavy (non-hydrogen) atoms. The minimum Gasteiger partial charge on any atom is -0.394 e. The summed E-state index contributed by atoms with van der Waals surface area (Å²) >= 11 is 0. The quantitative estimate of drug-likeness (QED) is 0.532. The number of likely N-dealkylation sites (N-methyl/N-ethyl adjacent to an activating group) is 1. The van der Waals surface area contributed by atoms with Crippen molar-refractivity contribution in [2.45, 2.75) is 6.04 Å². The molecular formula is C16H21N7O. The Bertz CT molecular complexity index is 830. The number of hydrogen-bond donors (Lipinski definition) is 4. The average molecular weight is 327 g/mol. The highest BCUT2D eigenvalue weighted by atomic mass is 16.3. The maximum absolute atomic E-state index is 9.63. The molecule has 0 saturated heterocycles. The third-order valence-corrected chi connectivity index (χ3v) is 3.69. The second kappa shape index (κ2) is 6.81. The first-order chi connectivity index (χ1) is 11.6. The Labute approximate surface area is 139 Å². The number of aromatic amines is 1. The van der Waals surface area contributed by atoms with Crippen molar-refractivity contribution in [2.24, 2.45) is 0 Å². The lowest BCUT2D eigenvalue weighted by molar-refractivity contribution is 0.246. The van der Waals surface area contributed by atoms with E-state index in [2.05, 4.69) is 25.3 Å². The van der Waals surface area contributed by atoms with Crippen molar-refractivity contribution < 1.29 is 5.11 Å². The summed E-state index contributed by atoms with van der Waals surface area (Å²) in [5.41, 5.74) is 8.94. The fourth-order valence-electron chi connectivity index (χ4n) is 2.71. The number of rotatable bonds is 6. The van der Waals surface area contributed by atoms with Gasteiger partial charge >= 0.3 is 0 Å². The van der Waals surface area contributed by atoms with E-state index in [9.17, 15) is 5.11 Å². The molecule has 0 aliphatic rings. The maximum Gasteiger partial charge on any atom is 0.220 e. The average Bonchev–Trinajstić information content (AvgIpc) is 2.99. The second-order valence-corrected chi connectivity index (χ2v) is 5.87. The van der Waals surface area contributed by atoms with Gasteiger partial charge in [-0.15, -0.1) is 0 Å². The van der Waals surface area contributed by atoms with Gasteiger partial charge in [-0.2, -0.15) is 0 Å². The number of nitrogens with zero attached hydrogens (tertiary/aromatic N) is 4. The molecule has 3 rings (SSSR count). The van der Waals surface area contributed by atoms with E-state index >= 15 is 0 Å². The molecule has 8 heteroatoms. The molecule has 0 radical (unpaired) electrons. The van der Waals surface area contributed by atoms with Crippen molar-refractivity contribution in [1.29, 1.82) is 0 Å². The molecule has 5 N–H and O–H groups in total. The van der Waals surface area contributed by atoms with Crippen molar-refractivity contribution in [3.8, 4) is 11.3 Å². The first kappa shape index (κ1) is 16.2. The Morgan fingerprint density at radius 2 is 2.08 bits per heavy atom. The summed E-state index contributed by atoms with van der Waals surface area (Å²) in [6.45, 7) is 0.739. The number of H-pyrrole nitrogens is 1. The Morgan fingerprint density at radius 1 is 1.29 bits per heavy atom. The van der Waals surface area contributed by atoms with Gasteiger partial charge in [0.15, 0.2) is 0 Å². The van der Waals surface area contributed by atoms with E-state index in [1.165, 1.54) is 0 Å². The standard InChI is InChI=1S/C16H21N7O/c1-23(2)8-10(9-24)21-13-4-5-18-15-14(13)11(7-20-15)12-3-6-19-16(17)22-12/h3-7,10,24H,8-9H2,1-2H3,(H2,17,19,22)(H2,18,20,21)/t10-/m0/s1. The Kier molecular flexibility index (Phi) is 4.59. The zero-order chi connectivity index (χ0) is 17.1. The highest BCUT2D eigenvalue weighted by Gasteiger charge is 2.16. The number of nitrogens with one attached hydrogen (secondary N) is 2. The number of nitrogens with two attached hydrogens (primary N) is 1. The van der Waals surface area contributed by atoms with Gasteiger partial charge in [-0.3, -0.25) is 0 Å². The van der Waals surface area contributed by atoms with Crippen LogP contribution < -0.4 is 11.1 Å². The number of nitrogen functional groups attached to an aromatic ring is 1. The molecule has 0 fully saturated rings. The van der Waals surface area contributed by atoms with Gasteiger partial charge in [-0.25, -0.2) is 15.0 Å². The van der Waals surface area contributed by atoms with Crippen LogP contribution in [0.25, 0.3) is 22.3 Å². The van der Waals surface area contributed by atoms with E-state index in [1.807, 2.05) is 31.3 Å². The number of aliphatic hydroxyl groups excluding tert-OH is 1. The Morgan fingerprint density at radius 3 is 2.79 bits per heavy atom. The largest absolute Gasteiger partial charge is 0.394 e. The minimum atomic E-state index is -0.0937. The van der Waals surface area contributed by atoms with Gasteiger partial charge in [0.2, 0.25) is 5.95 Å². The van der Waals surface area contributed by atoms with E-state index in [0.717, 1.165) is 28.0 Å². The number of pyridine rings is 1. The van der Waals surface area contributed by atoms with Crippen LogP contribution in [-0.4, -0.2) is 63.2 Å². The predicted molar refractivity (Wildman–Crippen MR) is 94.6 cm³/mol. The van der Waals surface area contributed by atoms with Crippen molar-refractivity contribution in [2.75, 3.05) is 38.3 Å². The topological polar surface area (TPSA) is 116 Å². The van der Waals surface area contributed by atoms with Crippen LogP contribution in [0, 0.1) is 0 Å². The van der Waals surface area contributed by atoms with Crippen molar-refractivity contribution in [3.63, 3.8) is 0 Å². The molecule has 3 aromatic rings. The van der Waals surface area contributed by atoms with Crippen molar-refractivity contribution in [3.05, 3.63) is 30.7 Å². The molecule has 0 aliphatic carbocycles. The van der Waals surface area contributed by atoms with Crippen molar-refractivity contribution in [1.82, 2.24) is 24.8 Å². The molecule has 126 valence electrons. The normalized spacial score (nSPS) is 12.7. The number of fused-ring (bicyclic) bond motifs is 1. The van der Waals surface area contributed by atoms with E-state index in [0.29, 0.717) is 6.54 Å². The summed E-state index contributed by atoms with van der Waals surface area (Å²) in [5.74, 6) is 0.223. The lowest BCUT2D eigenvalue weighted by Crippen LogP contribution is -2.35. The van der Waals surface area contributed by atoms with Gasteiger partial charge < -0.3 is 26.0 Å². The SMILES string of the molecule is CN(C)C[C@@H](CO)Nc1ccnc2[nH]cc(-c3ccnc(N)n3)c12. The molecule has 3 heterocycles. The molecule has 0 spiro atoms. The third-order valence-electron chi connectivity index (χ3n) is 3.69. The van der Waals surface area contributed by atoms with Gasteiger partial charge in [0.05, 0.1) is 23.7 Å². The van der Waals surface area contributed by atoms with E-state index in [4.69, 9.17) is 5.73 Å². The molecule has 0 aliphatic heterocycles. The van der Waals surface area contributed by atoms with Gasteiger partial charge in [0.25, 0.3) is 0 Å². The minimum absolute atomic E-state index is 0.0300. The highest BCUT2D eigenvalue weighted by molar-refractivity contribution is 6.01. The summed E-state index contributed by atoms with van der Waals surface area (Å²) in [4.78, 5) is 17.8. The smallest absolute Gasteiger partial charge is 0.220 e. The zero-order valence-corrected chi connectivity index (χ0v) is 13.7. The summed E-state index contributed by atoms with van der Waals surface area (Å²) in [6, 6.07) is 3.60. The fraction of sp³-hybridized carbons (Fsp3) is 0.312. The fourth-order valence-corrected chi connectivity index (χ4v) is 2.71. The molecule has 8 nitrogen and oxygen atoms in total. The van der Waals surface area contributed by atoms with Gasteiger partial charge in [-0.1, -0.05) is 0 Å². The van der Waals surface area contributed by atoms with Gasteiger partial charge in [0.1, 0.15) is 5.65 Å². The summed E-state index contributed by atoms with van der Waals surface area (Å²) in [7, 11) is 3.94. The molecule has 0 saturated carbocycles. The maximum atomic E-state index is 9.63. The molecule has 0 amide bonds. The second-order valence-electron chi connectivity index (χ2n) is 5.87. The van der Waals surface area contributed by atoms with E-state index in [-0.39, 0.29) is 18.6 Å². The van der Waals surface area contributed by atoms with Crippen LogP contribution in [0.15, 0.2) is 30.7 Å². The van der Waals surface area contributed by atoms with Gasteiger partial charge in [0, 0.05) is 36.4 Å². The van der Waals surface area contributed by atoms with Crippen LogP contribution in [0.1, 0.15) is 0 Å². The molecule has 0 bridgehead atoms. The third kappa shape index (κ3) is 3.29. The number of anilines is 2. The van der Waals surface area contributed by atoms with Crippen LogP contribution >= 0.6 is 0 Å². The highest BCUT2D eigenvalue weighted by Crippen LogP contribution is 2.32. The first-order valence-corrected chi connectivity index (χ1v) is 7.65. The lowest BCUT2D eigenvalue weighted by atomic mass is 10.1. The summed E-state index contributed by atoms with van der Waals surface area (Å²) in [5, 5.41) is 13.9. The monoisotopic (exact) mass is 327 g/mol. The van der Waals surface area contributed by atoms with E-state index in [1.54, 1.807) is 18.5 Å². The first-order valence-electron chi connectivity index (χ1n) is 7.65. The van der Waals surface area contributed by atoms with E-state index < -0.39 is 0 Å².